The number of benzene rings is 1. The fourth-order valence-corrected chi connectivity index (χ4v) is 1.54. The molecule has 0 N–H and O–H groups in total. The van der Waals surface area contributed by atoms with Gasteiger partial charge in [-0.15, -0.1) is 0 Å². The lowest BCUT2D eigenvalue weighted by Gasteiger charge is -1.95. The van der Waals surface area contributed by atoms with E-state index in [1.165, 1.54) is 5.56 Å². The molecule has 0 saturated heterocycles. The minimum atomic E-state index is 0.964. The molecule has 0 aliphatic carbocycles. The van der Waals surface area contributed by atoms with Crippen molar-refractivity contribution in [2.75, 3.05) is 6.54 Å². The van der Waals surface area contributed by atoms with Crippen molar-refractivity contribution in [2.45, 2.75) is 6.42 Å². The number of hydrogen-bond donors (Lipinski definition) is 0. The zero-order valence-corrected chi connectivity index (χ0v) is 7.06. The lowest BCUT2D eigenvalue weighted by molar-refractivity contribution is 0.909. The Morgan fingerprint density at radius 1 is 1.40 bits per heavy atom. The Hall–Kier alpha value is -0.500. The van der Waals surface area contributed by atoms with Crippen LogP contribution in [0.1, 0.15) is 5.56 Å². The Kier molecular flexibility index (Phi) is 1.42. The first-order valence-electron chi connectivity index (χ1n) is 3.32. The highest BCUT2D eigenvalue weighted by atomic mass is 79.9. The van der Waals surface area contributed by atoms with Crippen LogP contribution in [-0.4, -0.2) is 6.54 Å². The SMILES string of the molecule is Brc1ccc2c(c1)[N]CC2. The van der Waals surface area contributed by atoms with Crippen molar-refractivity contribution in [1.82, 2.24) is 5.32 Å². The van der Waals surface area contributed by atoms with Crippen molar-refractivity contribution in [3.63, 3.8) is 0 Å². The molecule has 51 valence electrons. The molecule has 10 heavy (non-hydrogen) atoms. The molecule has 1 radical (unpaired) electrons. The van der Waals surface area contributed by atoms with Crippen molar-refractivity contribution >= 4 is 21.6 Å². The molecule has 1 aromatic carbocycles. The molecule has 1 aromatic rings. The molecule has 1 aliphatic rings. The van der Waals surface area contributed by atoms with E-state index in [2.05, 4.69) is 39.4 Å². The molecule has 1 heterocycles. The number of fused-ring (bicyclic) bond motifs is 1. The van der Waals surface area contributed by atoms with Gasteiger partial charge < -0.3 is 0 Å². The Balaban J connectivity index is 2.52. The maximum atomic E-state index is 4.33. The molecular weight excluding hydrogens is 190 g/mol. The molecule has 0 amide bonds. The molecule has 0 saturated carbocycles. The second kappa shape index (κ2) is 2.27. The summed E-state index contributed by atoms with van der Waals surface area (Å²) in [4.78, 5) is 0. The summed E-state index contributed by atoms with van der Waals surface area (Å²) in [5.74, 6) is 0. The molecule has 0 bridgehead atoms. The summed E-state index contributed by atoms with van der Waals surface area (Å²) in [7, 11) is 0. The van der Waals surface area contributed by atoms with Gasteiger partial charge in [-0.1, -0.05) is 22.0 Å². The molecule has 1 aliphatic heterocycles. The van der Waals surface area contributed by atoms with Gasteiger partial charge in [0.15, 0.2) is 0 Å². The van der Waals surface area contributed by atoms with Crippen LogP contribution in [0.15, 0.2) is 22.7 Å². The highest BCUT2D eigenvalue weighted by Gasteiger charge is 2.10. The van der Waals surface area contributed by atoms with Crippen molar-refractivity contribution < 1.29 is 0 Å². The van der Waals surface area contributed by atoms with Crippen LogP contribution in [0.3, 0.4) is 0 Å². The van der Waals surface area contributed by atoms with Crippen LogP contribution in [0.4, 0.5) is 5.69 Å². The predicted molar refractivity (Wildman–Crippen MR) is 44.5 cm³/mol. The molecular formula is C8H7BrN. The van der Waals surface area contributed by atoms with E-state index >= 15 is 0 Å². The normalized spacial score (nSPS) is 14.5. The van der Waals surface area contributed by atoms with Crippen LogP contribution in [-0.2, 0) is 6.42 Å². The lowest BCUT2D eigenvalue weighted by Crippen LogP contribution is -1.88. The third-order valence-electron chi connectivity index (χ3n) is 1.71. The van der Waals surface area contributed by atoms with Gasteiger partial charge in [0.05, 0.1) is 5.69 Å². The molecule has 0 fully saturated rings. The Morgan fingerprint density at radius 3 is 3.20 bits per heavy atom. The zero-order chi connectivity index (χ0) is 6.97. The summed E-state index contributed by atoms with van der Waals surface area (Å²) in [6.07, 6.45) is 1.11. The highest BCUT2D eigenvalue weighted by molar-refractivity contribution is 9.10. The number of hydrogen-bond acceptors (Lipinski definition) is 0. The summed E-state index contributed by atoms with van der Waals surface area (Å²) in [5, 5.41) is 4.33. The average molecular weight is 197 g/mol. The first-order valence-corrected chi connectivity index (χ1v) is 4.11. The van der Waals surface area contributed by atoms with E-state index in [1.807, 2.05) is 0 Å². The topological polar surface area (TPSA) is 14.1 Å². The minimum absolute atomic E-state index is 0.964. The molecule has 1 nitrogen and oxygen atoms in total. The van der Waals surface area contributed by atoms with Crippen LogP contribution in [0.25, 0.3) is 0 Å². The maximum Gasteiger partial charge on any atom is 0.0618 e. The van der Waals surface area contributed by atoms with Gasteiger partial charge in [-0.25, -0.2) is 0 Å². The van der Waals surface area contributed by atoms with Crippen molar-refractivity contribution in [3.05, 3.63) is 28.2 Å². The van der Waals surface area contributed by atoms with Crippen LogP contribution in [0.5, 0.6) is 0 Å². The highest BCUT2D eigenvalue weighted by Crippen LogP contribution is 2.25. The van der Waals surface area contributed by atoms with E-state index in [0.717, 1.165) is 23.1 Å². The van der Waals surface area contributed by atoms with Gasteiger partial charge in [0.2, 0.25) is 0 Å². The first kappa shape index (κ1) is 6.23. The fraction of sp³-hybridized carbons (Fsp3) is 0.250. The first-order chi connectivity index (χ1) is 4.86. The summed E-state index contributed by atoms with van der Waals surface area (Å²) in [6.45, 7) is 0.964. The van der Waals surface area contributed by atoms with E-state index < -0.39 is 0 Å². The monoisotopic (exact) mass is 196 g/mol. The van der Waals surface area contributed by atoms with E-state index in [-0.39, 0.29) is 0 Å². The van der Waals surface area contributed by atoms with Crippen molar-refractivity contribution in [1.29, 1.82) is 0 Å². The summed E-state index contributed by atoms with van der Waals surface area (Å²) in [6, 6.07) is 6.28. The van der Waals surface area contributed by atoms with Crippen LogP contribution in [0, 0.1) is 0 Å². The van der Waals surface area contributed by atoms with Gasteiger partial charge in [-0.2, -0.15) is 0 Å². The summed E-state index contributed by atoms with van der Waals surface area (Å²) < 4.78 is 1.12. The largest absolute Gasteiger partial charge is 0.285 e. The Morgan fingerprint density at radius 2 is 2.30 bits per heavy atom. The molecule has 2 heteroatoms. The van der Waals surface area contributed by atoms with Gasteiger partial charge >= 0.3 is 0 Å². The van der Waals surface area contributed by atoms with E-state index in [1.54, 1.807) is 0 Å². The quantitative estimate of drug-likeness (QED) is 0.605. The predicted octanol–water partition coefficient (Wildman–Crippen LogP) is 2.24. The second-order valence-electron chi connectivity index (χ2n) is 2.40. The summed E-state index contributed by atoms with van der Waals surface area (Å²) >= 11 is 3.40. The van der Waals surface area contributed by atoms with Crippen molar-refractivity contribution in [3.8, 4) is 0 Å². The van der Waals surface area contributed by atoms with Gasteiger partial charge in [-0.05, 0) is 24.1 Å². The fourth-order valence-electron chi connectivity index (χ4n) is 1.19. The van der Waals surface area contributed by atoms with Gasteiger partial charge in [0.25, 0.3) is 0 Å². The molecule has 0 atom stereocenters. The summed E-state index contributed by atoms with van der Waals surface area (Å²) in [5.41, 5.74) is 2.54. The van der Waals surface area contributed by atoms with E-state index in [0.29, 0.717) is 0 Å². The number of nitrogens with zero attached hydrogens (tertiary/aromatic N) is 1. The number of rotatable bonds is 0. The minimum Gasteiger partial charge on any atom is -0.285 e. The van der Waals surface area contributed by atoms with Gasteiger partial charge in [0.1, 0.15) is 0 Å². The van der Waals surface area contributed by atoms with E-state index in [9.17, 15) is 0 Å². The molecule has 2 rings (SSSR count). The Bertz CT molecular complexity index is 257. The van der Waals surface area contributed by atoms with Crippen LogP contribution in [0.2, 0.25) is 0 Å². The van der Waals surface area contributed by atoms with E-state index in [4.69, 9.17) is 0 Å². The molecule has 0 aromatic heterocycles. The zero-order valence-electron chi connectivity index (χ0n) is 5.47. The van der Waals surface area contributed by atoms with Crippen molar-refractivity contribution in [2.24, 2.45) is 0 Å². The van der Waals surface area contributed by atoms with Crippen LogP contribution >= 0.6 is 15.9 Å². The Labute approximate surface area is 68.6 Å². The lowest BCUT2D eigenvalue weighted by atomic mass is 10.2. The standard InChI is InChI=1S/C8H7BrN/c9-7-2-1-6-3-4-10-8(6)5-7/h1-2,5H,3-4H2. The van der Waals surface area contributed by atoms with Crippen LogP contribution < -0.4 is 5.32 Å². The molecule has 0 unspecified atom stereocenters. The number of halogens is 1. The second-order valence-corrected chi connectivity index (χ2v) is 3.32. The third kappa shape index (κ3) is 0.926. The van der Waals surface area contributed by atoms with Gasteiger partial charge in [-0.3, -0.25) is 5.32 Å². The maximum absolute atomic E-state index is 4.33. The van der Waals surface area contributed by atoms with Gasteiger partial charge in [0, 0.05) is 11.0 Å². The smallest absolute Gasteiger partial charge is 0.0618 e. The molecule has 0 spiro atoms. The third-order valence-corrected chi connectivity index (χ3v) is 2.20. The average Bonchev–Trinajstić information content (AvgIpc) is 2.33.